The standard InChI is InChI=1S/C19H13NO3/c1-12(14-8-6-13(11-20)7-9-14)18-10-16(21)15-4-3-5-17(22-2)19(15)23-18/h3-10H,1H2,2H3. The van der Waals surface area contributed by atoms with Gasteiger partial charge in [-0.25, -0.2) is 0 Å². The summed E-state index contributed by atoms with van der Waals surface area (Å²) in [6, 6.07) is 15.6. The number of hydrogen-bond acceptors (Lipinski definition) is 4. The van der Waals surface area contributed by atoms with Crippen molar-refractivity contribution in [2.75, 3.05) is 7.11 Å². The smallest absolute Gasteiger partial charge is 0.193 e. The van der Waals surface area contributed by atoms with Gasteiger partial charge in [-0.05, 0) is 29.8 Å². The van der Waals surface area contributed by atoms with Crippen LogP contribution in [0.3, 0.4) is 0 Å². The molecule has 0 fully saturated rings. The number of fused-ring (bicyclic) bond motifs is 1. The maximum atomic E-state index is 12.3. The normalized spacial score (nSPS) is 10.3. The molecule has 1 aromatic heterocycles. The monoisotopic (exact) mass is 303 g/mol. The Morgan fingerprint density at radius 2 is 1.96 bits per heavy atom. The molecule has 0 radical (unpaired) electrons. The van der Waals surface area contributed by atoms with Gasteiger partial charge in [0.25, 0.3) is 0 Å². The van der Waals surface area contributed by atoms with Crippen LogP contribution in [0.1, 0.15) is 16.9 Å². The Kier molecular flexibility index (Phi) is 3.70. The van der Waals surface area contributed by atoms with Crippen LogP contribution < -0.4 is 10.2 Å². The van der Waals surface area contributed by atoms with Crippen molar-refractivity contribution in [3.8, 4) is 11.8 Å². The Hall–Kier alpha value is -3.32. The van der Waals surface area contributed by atoms with E-state index < -0.39 is 0 Å². The summed E-state index contributed by atoms with van der Waals surface area (Å²) in [5, 5.41) is 9.31. The lowest BCUT2D eigenvalue weighted by Gasteiger charge is -2.09. The predicted molar refractivity (Wildman–Crippen MR) is 88.3 cm³/mol. The first-order chi connectivity index (χ1) is 11.1. The highest BCUT2D eigenvalue weighted by Crippen LogP contribution is 2.28. The van der Waals surface area contributed by atoms with Gasteiger partial charge in [0.05, 0.1) is 24.1 Å². The SMILES string of the molecule is C=C(c1ccc(C#N)cc1)c1cc(=O)c2cccc(OC)c2o1. The third-order valence-electron chi connectivity index (χ3n) is 3.60. The maximum absolute atomic E-state index is 12.3. The molecule has 0 aliphatic rings. The van der Waals surface area contributed by atoms with Gasteiger partial charge < -0.3 is 9.15 Å². The Morgan fingerprint density at radius 1 is 1.22 bits per heavy atom. The molecule has 0 unspecified atom stereocenters. The van der Waals surface area contributed by atoms with Crippen LogP contribution in [-0.2, 0) is 0 Å². The van der Waals surface area contributed by atoms with Gasteiger partial charge in [0, 0.05) is 11.6 Å². The van der Waals surface area contributed by atoms with Gasteiger partial charge in [-0.3, -0.25) is 4.79 Å². The van der Waals surface area contributed by atoms with Gasteiger partial charge in [-0.2, -0.15) is 5.26 Å². The van der Waals surface area contributed by atoms with Crippen molar-refractivity contribution in [2.24, 2.45) is 0 Å². The summed E-state index contributed by atoms with van der Waals surface area (Å²) in [5.74, 6) is 0.866. The third kappa shape index (κ3) is 2.60. The molecule has 0 saturated carbocycles. The molecule has 3 aromatic rings. The lowest BCUT2D eigenvalue weighted by Crippen LogP contribution is -2.03. The van der Waals surface area contributed by atoms with Gasteiger partial charge in [-0.1, -0.05) is 24.8 Å². The number of methoxy groups -OCH3 is 1. The van der Waals surface area contributed by atoms with Gasteiger partial charge in [-0.15, -0.1) is 0 Å². The average molecular weight is 303 g/mol. The van der Waals surface area contributed by atoms with E-state index in [0.29, 0.717) is 33.6 Å². The predicted octanol–water partition coefficient (Wildman–Crippen LogP) is 3.73. The molecular weight excluding hydrogens is 290 g/mol. The van der Waals surface area contributed by atoms with E-state index in [1.807, 2.05) is 0 Å². The number of benzene rings is 2. The fourth-order valence-electron chi connectivity index (χ4n) is 2.35. The molecule has 2 aromatic carbocycles. The molecule has 0 amide bonds. The number of nitriles is 1. The number of hydrogen-bond donors (Lipinski definition) is 0. The summed E-state index contributed by atoms with van der Waals surface area (Å²) in [4.78, 5) is 12.3. The van der Waals surface area contributed by atoms with E-state index >= 15 is 0 Å². The van der Waals surface area contributed by atoms with Crippen LogP contribution in [0.15, 0.2) is 64.3 Å². The number of nitrogens with zero attached hydrogens (tertiary/aromatic N) is 1. The highest BCUT2D eigenvalue weighted by atomic mass is 16.5. The Morgan fingerprint density at radius 3 is 2.61 bits per heavy atom. The summed E-state index contributed by atoms with van der Waals surface area (Å²) >= 11 is 0. The second-order valence-corrected chi connectivity index (χ2v) is 4.98. The van der Waals surface area contributed by atoms with Crippen LogP contribution in [0.25, 0.3) is 16.5 Å². The number of ether oxygens (including phenoxy) is 1. The minimum Gasteiger partial charge on any atom is -0.493 e. The summed E-state index contributed by atoms with van der Waals surface area (Å²) < 4.78 is 11.1. The van der Waals surface area contributed by atoms with Gasteiger partial charge in [0.15, 0.2) is 16.8 Å². The zero-order valence-corrected chi connectivity index (χ0v) is 12.5. The Balaban J connectivity index is 2.14. The topological polar surface area (TPSA) is 63.2 Å². The molecule has 1 heterocycles. The maximum Gasteiger partial charge on any atom is 0.193 e. The molecule has 0 aliphatic carbocycles. The van der Waals surface area contributed by atoms with Crippen molar-refractivity contribution in [3.05, 3.63) is 82.2 Å². The summed E-state index contributed by atoms with van der Waals surface area (Å²) in [7, 11) is 1.52. The molecule has 112 valence electrons. The van der Waals surface area contributed by atoms with Crippen LogP contribution in [0.5, 0.6) is 5.75 Å². The van der Waals surface area contributed by atoms with Crippen LogP contribution in [0.2, 0.25) is 0 Å². The summed E-state index contributed by atoms with van der Waals surface area (Å²) in [6.07, 6.45) is 0. The molecule has 23 heavy (non-hydrogen) atoms. The van der Waals surface area contributed by atoms with E-state index in [0.717, 1.165) is 5.56 Å². The molecule has 4 nitrogen and oxygen atoms in total. The fourth-order valence-corrected chi connectivity index (χ4v) is 2.35. The molecule has 3 rings (SSSR count). The molecule has 0 bridgehead atoms. The first-order valence-electron chi connectivity index (χ1n) is 6.94. The molecule has 0 N–H and O–H groups in total. The summed E-state index contributed by atoms with van der Waals surface area (Å²) in [5.41, 5.74) is 2.14. The van der Waals surface area contributed by atoms with Crippen molar-refractivity contribution >= 4 is 16.5 Å². The number of rotatable bonds is 3. The third-order valence-corrected chi connectivity index (χ3v) is 3.60. The zero-order chi connectivity index (χ0) is 16.4. The van der Waals surface area contributed by atoms with E-state index in [1.165, 1.54) is 13.2 Å². The van der Waals surface area contributed by atoms with Crippen molar-refractivity contribution < 1.29 is 9.15 Å². The van der Waals surface area contributed by atoms with E-state index in [9.17, 15) is 4.79 Å². The molecule has 0 saturated heterocycles. The van der Waals surface area contributed by atoms with Gasteiger partial charge in [0.2, 0.25) is 0 Å². The largest absolute Gasteiger partial charge is 0.493 e. The zero-order valence-electron chi connectivity index (χ0n) is 12.5. The van der Waals surface area contributed by atoms with Crippen molar-refractivity contribution in [1.29, 1.82) is 5.26 Å². The molecule has 0 aliphatic heterocycles. The first kappa shape index (κ1) is 14.6. The Bertz CT molecular complexity index is 992. The van der Waals surface area contributed by atoms with E-state index in [-0.39, 0.29) is 5.43 Å². The number of para-hydroxylation sites is 1. The van der Waals surface area contributed by atoms with E-state index in [2.05, 4.69) is 12.6 Å². The lowest BCUT2D eigenvalue weighted by molar-refractivity contribution is 0.408. The molecule has 0 atom stereocenters. The van der Waals surface area contributed by atoms with Crippen LogP contribution in [0, 0.1) is 11.3 Å². The average Bonchev–Trinajstić information content (AvgIpc) is 2.60. The van der Waals surface area contributed by atoms with E-state index in [4.69, 9.17) is 14.4 Å². The first-order valence-corrected chi connectivity index (χ1v) is 6.94. The molecular formula is C19H13NO3. The van der Waals surface area contributed by atoms with Gasteiger partial charge >= 0.3 is 0 Å². The van der Waals surface area contributed by atoms with Crippen LogP contribution >= 0.6 is 0 Å². The minimum absolute atomic E-state index is 0.157. The highest BCUT2D eigenvalue weighted by molar-refractivity contribution is 5.85. The molecule has 0 spiro atoms. The van der Waals surface area contributed by atoms with E-state index in [1.54, 1.807) is 42.5 Å². The second-order valence-electron chi connectivity index (χ2n) is 4.98. The highest BCUT2D eigenvalue weighted by Gasteiger charge is 2.12. The van der Waals surface area contributed by atoms with Crippen molar-refractivity contribution in [1.82, 2.24) is 0 Å². The summed E-state index contributed by atoms with van der Waals surface area (Å²) in [6.45, 7) is 4.00. The quantitative estimate of drug-likeness (QED) is 0.739. The molecule has 4 heteroatoms. The fraction of sp³-hybridized carbons (Fsp3) is 0.0526. The lowest BCUT2D eigenvalue weighted by atomic mass is 10.0. The second kappa shape index (κ2) is 5.82. The van der Waals surface area contributed by atoms with Crippen molar-refractivity contribution in [2.45, 2.75) is 0 Å². The Labute approximate surface area is 132 Å². The van der Waals surface area contributed by atoms with Gasteiger partial charge in [0.1, 0.15) is 5.76 Å². The van der Waals surface area contributed by atoms with Crippen molar-refractivity contribution in [3.63, 3.8) is 0 Å². The van der Waals surface area contributed by atoms with Crippen LogP contribution in [-0.4, -0.2) is 7.11 Å². The minimum atomic E-state index is -0.157. The van der Waals surface area contributed by atoms with Crippen LogP contribution in [0.4, 0.5) is 0 Å².